The molecule has 0 amide bonds. The first-order valence-corrected chi connectivity index (χ1v) is 2.64. The van der Waals surface area contributed by atoms with Gasteiger partial charge in [-0.3, -0.25) is 0 Å². The van der Waals surface area contributed by atoms with Crippen LogP contribution < -0.4 is 5.06 Å². The summed E-state index contributed by atoms with van der Waals surface area (Å²) in [6.45, 7) is 6.06. The summed E-state index contributed by atoms with van der Waals surface area (Å²) in [6.07, 6.45) is 0. The van der Waals surface area contributed by atoms with E-state index in [-0.39, 0.29) is 0 Å². The van der Waals surface area contributed by atoms with Crippen molar-refractivity contribution in [3.05, 3.63) is 0 Å². The lowest BCUT2D eigenvalue weighted by Gasteiger charge is -1.98. The first-order valence-electron chi connectivity index (χ1n) is 2.64. The third-order valence-corrected chi connectivity index (χ3v) is 0.964. The van der Waals surface area contributed by atoms with Gasteiger partial charge in [0.05, 0.1) is 0 Å². The summed E-state index contributed by atoms with van der Waals surface area (Å²) in [5.41, 5.74) is 0. The van der Waals surface area contributed by atoms with Crippen LogP contribution in [-0.2, 0) is 4.84 Å². The normalized spacial score (nSPS) is 10.3. The molecule has 0 aromatic heterocycles. The molecule has 1 radical (unpaired) electrons. The van der Waals surface area contributed by atoms with E-state index in [1.54, 1.807) is 7.11 Å². The highest BCUT2D eigenvalue weighted by atomic mass is 16.7. The Balaban J connectivity index is 2.99. The average Bonchev–Trinajstić information content (AvgIpc) is 1.72. The van der Waals surface area contributed by atoms with E-state index in [1.807, 2.05) is 5.06 Å². The van der Waals surface area contributed by atoms with Crippen molar-refractivity contribution < 1.29 is 4.84 Å². The standard InChI is InChI=1S/C5H13NO/c1-4-6(5-2)7-3/h4-5H2,1-3H3/q+1. The van der Waals surface area contributed by atoms with Crippen molar-refractivity contribution in [3.63, 3.8) is 0 Å². The van der Waals surface area contributed by atoms with Gasteiger partial charge in [0.1, 0.15) is 7.11 Å². The largest absolute Gasteiger partial charge is 0.157 e. The van der Waals surface area contributed by atoms with Crippen LogP contribution in [0, 0.1) is 0 Å². The van der Waals surface area contributed by atoms with E-state index in [9.17, 15) is 0 Å². The third kappa shape index (κ3) is 2.60. The molecule has 0 spiro atoms. The van der Waals surface area contributed by atoms with Crippen LogP contribution >= 0.6 is 0 Å². The number of nitrogens with zero attached hydrogens (tertiary/aromatic N) is 1. The van der Waals surface area contributed by atoms with Gasteiger partial charge in [0, 0.05) is 0 Å². The zero-order chi connectivity index (χ0) is 5.70. The Morgan fingerprint density at radius 3 is 1.71 bits per heavy atom. The van der Waals surface area contributed by atoms with Crippen LogP contribution in [0.5, 0.6) is 0 Å². The quantitative estimate of drug-likeness (QED) is 0.379. The summed E-state index contributed by atoms with van der Waals surface area (Å²) in [7, 11) is 1.69. The maximum atomic E-state index is 4.88. The van der Waals surface area contributed by atoms with Gasteiger partial charge in [-0.2, -0.15) is 4.84 Å². The van der Waals surface area contributed by atoms with E-state index in [1.165, 1.54) is 0 Å². The fraction of sp³-hybridized carbons (Fsp3) is 1.00. The molecular formula is C5H13NO+. The van der Waals surface area contributed by atoms with Crippen LogP contribution in [0.15, 0.2) is 0 Å². The minimum Gasteiger partial charge on any atom is -0.152 e. The predicted octanol–water partition coefficient (Wildman–Crippen LogP) is 0.728. The van der Waals surface area contributed by atoms with Gasteiger partial charge in [-0.25, -0.2) is 0 Å². The zero-order valence-electron chi connectivity index (χ0n) is 5.27. The van der Waals surface area contributed by atoms with Crippen LogP contribution in [0.3, 0.4) is 0 Å². The van der Waals surface area contributed by atoms with Crippen LogP contribution in [-0.4, -0.2) is 20.2 Å². The fourth-order valence-electron chi connectivity index (χ4n) is 0.482. The van der Waals surface area contributed by atoms with E-state index in [0.717, 1.165) is 13.1 Å². The molecular weight excluding hydrogens is 90.1 g/mol. The first-order chi connectivity index (χ1) is 3.35. The molecule has 0 aliphatic heterocycles. The summed E-state index contributed by atoms with van der Waals surface area (Å²) >= 11 is 0. The van der Waals surface area contributed by atoms with Gasteiger partial charge in [0.25, 0.3) is 0 Å². The molecule has 0 rings (SSSR count). The molecule has 0 aliphatic rings. The summed E-state index contributed by atoms with van der Waals surface area (Å²) in [4.78, 5) is 4.88. The fourth-order valence-corrected chi connectivity index (χ4v) is 0.482. The monoisotopic (exact) mass is 103 g/mol. The minimum atomic E-state index is 0.965. The average molecular weight is 103 g/mol. The van der Waals surface area contributed by atoms with Crippen molar-refractivity contribution in [1.82, 2.24) is 5.06 Å². The van der Waals surface area contributed by atoms with Crippen molar-refractivity contribution in [2.24, 2.45) is 0 Å². The molecule has 0 aromatic rings. The van der Waals surface area contributed by atoms with E-state index < -0.39 is 0 Å². The molecule has 0 heterocycles. The van der Waals surface area contributed by atoms with Crippen molar-refractivity contribution in [2.45, 2.75) is 13.8 Å². The molecule has 0 aromatic carbocycles. The second-order valence-corrected chi connectivity index (χ2v) is 1.30. The highest BCUT2D eigenvalue weighted by molar-refractivity contribution is 4.37. The molecule has 7 heavy (non-hydrogen) atoms. The van der Waals surface area contributed by atoms with Crippen molar-refractivity contribution in [1.29, 1.82) is 0 Å². The van der Waals surface area contributed by atoms with Gasteiger partial charge >= 0.3 is 0 Å². The molecule has 2 nitrogen and oxygen atoms in total. The third-order valence-electron chi connectivity index (χ3n) is 0.964. The summed E-state index contributed by atoms with van der Waals surface area (Å²) in [5, 5.41) is 1.88. The molecule has 2 heteroatoms. The predicted molar refractivity (Wildman–Crippen MR) is 30.2 cm³/mol. The van der Waals surface area contributed by atoms with Crippen LogP contribution in [0.25, 0.3) is 0 Å². The molecule has 43 valence electrons. The van der Waals surface area contributed by atoms with Gasteiger partial charge in [-0.1, -0.05) is 0 Å². The highest BCUT2D eigenvalue weighted by Gasteiger charge is 2.04. The minimum absolute atomic E-state index is 0.965. The first kappa shape index (κ1) is 6.92. The van der Waals surface area contributed by atoms with E-state index in [4.69, 9.17) is 4.84 Å². The van der Waals surface area contributed by atoms with Gasteiger partial charge < -0.3 is 0 Å². The van der Waals surface area contributed by atoms with E-state index in [0.29, 0.717) is 0 Å². The van der Waals surface area contributed by atoms with Crippen molar-refractivity contribution >= 4 is 0 Å². The van der Waals surface area contributed by atoms with Crippen molar-refractivity contribution in [3.8, 4) is 0 Å². The summed E-state index contributed by atoms with van der Waals surface area (Å²) < 4.78 is 0. The Labute approximate surface area is 45.0 Å². The lowest BCUT2D eigenvalue weighted by molar-refractivity contribution is -0.0283. The number of hydroxylamine groups is 2. The number of rotatable bonds is 3. The molecule has 0 aliphatic carbocycles. The van der Waals surface area contributed by atoms with Crippen LogP contribution in [0.1, 0.15) is 13.8 Å². The molecule has 0 saturated carbocycles. The van der Waals surface area contributed by atoms with Gasteiger partial charge in [-0.05, 0) is 18.9 Å². The van der Waals surface area contributed by atoms with Crippen LogP contribution in [0.2, 0.25) is 0 Å². The Bertz CT molecular complexity index is 29.6. The molecule has 0 saturated heterocycles. The Morgan fingerprint density at radius 2 is 1.71 bits per heavy atom. The summed E-state index contributed by atoms with van der Waals surface area (Å²) in [5.74, 6) is 0. The SMILES string of the molecule is CC[N+](CC)OC. The summed E-state index contributed by atoms with van der Waals surface area (Å²) in [6, 6.07) is 0. The number of hydrogen-bond donors (Lipinski definition) is 0. The lowest BCUT2D eigenvalue weighted by Crippen LogP contribution is -2.27. The Morgan fingerprint density at radius 1 is 1.29 bits per heavy atom. The Kier molecular flexibility index (Phi) is 4.04. The second kappa shape index (κ2) is 4.09. The molecule has 0 atom stereocenters. The van der Waals surface area contributed by atoms with Gasteiger partial charge in [0.15, 0.2) is 13.1 Å². The maximum absolute atomic E-state index is 4.88. The molecule has 0 N–H and O–H groups in total. The molecule has 0 fully saturated rings. The zero-order valence-corrected chi connectivity index (χ0v) is 5.27. The topological polar surface area (TPSA) is 15.1 Å². The molecule has 0 bridgehead atoms. The van der Waals surface area contributed by atoms with E-state index in [2.05, 4.69) is 13.8 Å². The maximum Gasteiger partial charge on any atom is 0.157 e. The Hall–Kier alpha value is -0.0800. The smallest absolute Gasteiger partial charge is 0.152 e. The molecule has 0 unspecified atom stereocenters. The van der Waals surface area contributed by atoms with E-state index >= 15 is 0 Å². The lowest BCUT2D eigenvalue weighted by atomic mass is 10.6. The second-order valence-electron chi connectivity index (χ2n) is 1.30. The van der Waals surface area contributed by atoms with Crippen molar-refractivity contribution in [2.75, 3.05) is 20.2 Å². The van der Waals surface area contributed by atoms with Gasteiger partial charge in [-0.15, -0.1) is 0 Å². The number of hydrogen-bond acceptors (Lipinski definition) is 2. The van der Waals surface area contributed by atoms with Gasteiger partial charge in [0.2, 0.25) is 0 Å². The van der Waals surface area contributed by atoms with Crippen LogP contribution in [0.4, 0.5) is 0 Å². The highest BCUT2D eigenvalue weighted by Crippen LogP contribution is 1.76.